The van der Waals surface area contributed by atoms with Gasteiger partial charge in [-0.2, -0.15) is 0 Å². The minimum atomic E-state index is -0.344. The van der Waals surface area contributed by atoms with Crippen molar-refractivity contribution >= 4 is 5.91 Å². The number of hydrogen-bond acceptors (Lipinski definition) is 6. The average Bonchev–Trinajstić information content (AvgIpc) is 3.06. The SMILES string of the molecule is O=C(NC1CCn2c1nc(-c1ccncn1)cc2=O)c1ccccn1. The summed E-state index contributed by atoms with van der Waals surface area (Å²) >= 11 is 0. The van der Waals surface area contributed by atoms with Gasteiger partial charge < -0.3 is 5.32 Å². The van der Waals surface area contributed by atoms with Crippen molar-refractivity contribution < 1.29 is 4.79 Å². The number of amides is 1. The standard InChI is InChI=1S/C17H14N6O2/c24-15-9-14(11-4-7-18-10-20-11)21-16-12(5-8-23(15)16)22-17(25)13-3-1-2-6-19-13/h1-4,6-7,9-10,12H,5,8H2,(H,22,25). The predicted octanol–water partition coefficient (Wildman–Crippen LogP) is 0.970. The summed E-state index contributed by atoms with van der Waals surface area (Å²) in [7, 11) is 0. The van der Waals surface area contributed by atoms with Gasteiger partial charge in [0.2, 0.25) is 0 Å². The molecule has 124 valence electrons. The molecule has 0 radical (unpaired) electrons. The molecule has 1 aliphatic rings. The number of rotatable bonds is 3. The molecule has 3 aromatic rings. The summed E-state index contributed by atoms with van der Waals surface area (Å²) in [6.45, 7) is 0.512. The first kappa shape index (κ1) is 15.1. The van der Waals surface area contributed by atoms with Crippen LogP contribution in [0.3, 0.4) is 0 Å². The van der Waals surface area contributed by atoms with Crippen LogP contribution in [-0.4, -0.2) is 30.4 Å². The molecule has 8 nitrogen and oxygen atoms in total. The van der Waals surface area contributed by atoms with Crippen LogP contribution < -0.4 is 10.9 Å². The van der Waals surface area contributed by atoms with Gasteiger partial charge in [-0.15, -0.1) is 0 Å². The van der Waals surface area contributed by atoms with Gasteiger partial charge in [-0.3, -0.25) is 19.1 Å². The Hall–Kier alpha value is -3.42. The maximum absolute atomic E-state index is 12.4. The molecular weight excluding hydrogens is 320 g/mol. The number of fused-ring (bicyclic) bond motifs is 1. The van der Waals surface area contributed by atoms with Gasteiger partial charge in [-0.1, -0.05) is 6.07 Å². The van der Waals surface area contributed by atoms with E-state index in [0.717, 1.165) is 0 Å². The van der Waals surface area contributed by atoms with E-state index in [2.05, 4.69) is 25.3 Å². The molecule has 1 unspecified atom stereocenters. The van der Waals surface area contributed by atoms with Crippen molar-refractivity contribution in [1.29, 1.82) is 0 Å². The molecule has 1 aliphatic heterocycles. The van der Waals surface area contributed by atoms with Crippen molar-refractivity contribution in [3.8, 4) is 11.4 Å². The summed E-state index contributed by atoms with van der Waals surface area (Å²) in [6, 6.07) is 7.94. The Kier molecular flexibility index (Phi) is 3.77. The van der Waals surface area contributed by atoms with Gasteiger partial charge in [-0.05, 0) is 24.6 Å². The Bertz CT molecular complexity index is 971. The number of carbonyl (C=O) groups excluding carboxylic acids is 1. The molecule has 1 atom stereocenters. The van der Waals surface area contributed by atoms with E-state index in [0.29, 0.717) is 35.9 Å². The molecule has 4 heterocycles. The lowest BCUT2D eigenvalue weighted by atomic mass is 10.2. The average molecular weight is 334 g/mol. The number of aromatic nitrogens is 5. The van der Waals surface area contributed by atoms with E-state index in [4.69, 9.17) is 0 Å². The maximum atomic E-state index is 12.4. The quantitative estimate of drug-likeness (QED) is 0.765. The number of hydrogen-bond donors (Lipinski definition) is 1. The molecule has 8 heteroatoms. The molecule has 0 saturated heterocycles. The van der Waals surface area contributed by atoms with Crippen molar-refractivity contribution in [3.05, 3.63) is 70.9 Å². The Morgan fingerprint density at radius 2 is 2.08 bits per heavy atom. The lowest BCUT2D eigenvalue weighted by Crippen LogP contribution is -2.30. The molecule has 0 bridgehead atoms. The largest absolute Gasteiger partial charge is 0.341 e. The number of pyridine rings is 1. The first-order valence-electron chi connectivity index (χ1n) is 7.82. The highest BCUT2D eigenvalue weighted by Gasteiger charge is 2.28. The van der Waals surface area contributed by atoms with Gasteiger partial charge in [0.15, 0.2) is 0 Å². The number of nitrogens with one attached hydrogen (secondary N) is 1. The molecular formula is C17H14N6O2. The highest BCUT2D eigenvalue weighted by Crippen LogP contribution is 2.24. The van der Waals surface area contributed by atoms with E-state index in [1.54, 1.807) is 41.2 Å². The van der Waals surface area contributed by atoms with Crippen LogP contribution in [0, 0.1) is 0 Å². The van der Waals surface area contributed by atoms with Gasteiger partial charge in [0.1, 0.15) is 17.8 Å². The fourth-order valence-electron chi connectivity index (χ4n) is 2.84. The van der Waals surface area contributed by atoms with Crippen molar-refractivity contribution in [2.24, 2.45) is 0 Å². The summed E-state index contributed by atoms with van der Waals surface area (Å²) in [5.41, 5.74) is 1.21. The number of nitrogens with zero attached hydrogens (tertiary/aromatic N) is 5. The van der Waals surface area contributed by atoms with Crippen LogP contribution in [-0.2, 0) is 6.54 Å². The monoisotopic (exact) mass is 334 g/mol. The van der Waals surface area contributed by atoms with Crippen LogP contribution in [0.2, 0.25) is 0 Å². The van der Waals surface area contributed by atoms with Crippen LogP contribution in [0.5, 0.6) is 0 Å². The second-order valence-corrected chi connectivity index (χ2v) is 5.61. The number of carbonyl (C=O) groups is 1. The molecule has 0 aromatic carbocycles. The summed E-state index contributed by atoms with van der Waals surface area (Å²) in [6.07, 6.45) is 5.17. The third-order valence-corrected chi connectivity index (χ3v) is 4.04. The van der Waals surface area contributed by atoms with Crippen LogP contribution in [0.15, 0.2) is 53.8 Å². The van der Waals surface area contributed by atoms with E-state index in [1.165, 1.54) is 12.4 Å². The third kappa shape index (κ3) is 2.89. The zero-order valence-electron chi connectivity index (χ0n) is 13.2. The smallest absolute Gasteiger partial charge is 0.270 e. The Balaban J connectivity index is 1.66. The van der Waals surface area contributed by atoms with Gasteiger partial charge >= 0.3 is 0 Å². The molecule has 3 aromatic heterocycles. The van der Waals surface area contributed by atoms with Crippen LogP contribution in [0.4, 0.5) is 0 Å². The van der Waals surface area contributed by atoms with Gasteiger partial charge in [0.25, 0.3) is 11.5 Å². The van der Waals surface area contributed by atoms with Gasteiger partial charge in [0.05, 0.1) is 17.4 Å². The minimum absolute atomic E-state index is 0.159. The van der Waals surface area contributed by atoms with E-state index in [1.807, 2.05) is 0 Å². The third-order valence-electron chi connectivity index (χ3n) is 4.04. The molecule has 0 saturated carbocycles. The van der Waals surface area contributed by atoms with Crippen molar-refractivity contribution in [2.75, 3.05) is 0 Å². The second-order valence-electron chi connectivity index (χ2n) is 5.61. The lowest BCUT2D eigenvalue weighted by molar-refractivity contribution is 0.0931. The van der Waals surface area contributed by atoms with Gasteiger partial charge in [-0.25, -0.2) is 15.0 Å². The summed E-state index contributed by atoms with van der Waals surface area (Å²) < 4.78 is 1.58. The van der Waals surface area contributed by atoms with E-state index >= 15 is 0 Å². The fourth-order valence-corrected chi connectivity index (χ4v) is 2.84. The lowest BCUT2D eigenvalue weighted by Gasteiger charge is -2.13. The molecule has 1 N–H and O–H groups in total. The Labute approximate surface area is 142 Å². The first-order valence-corrected chi connectivity index (χ1v) is 7.82. The van der Waals surface area contributed by atoms with Crippen molar-refractivity contribution in [3.63, 3.8) is 0 Å². The van der Waals surface area contributed by atoms with Crippen LogP contribution in [0.25, 0.3) is 11.4 Å². The first-order chi connectivity index (χ1) is 12.2. The minimum Gasteiger partial charge on any atom is -0.341 e. The second kappa shape index (κ2) is 6.23. The normalized spacial score (nSPS) is 15.6. The van der Waals surface area contributed by atoms with E-state index in [-0.39, 0.29) is 17.5 Å². The topological polar surface area (TPSA) is 103 Å². The highest BCUT2D eigenvalue weighted by molar-refractivity contribution is 5.92. The van der Waals surface area contributed by atoms with Crippen LogP contribution in [0.1, 0.15) is 28.8 Å². The molecule has 4 rings (SSSR count). The van der Waals surface area contributed by atoms with E-state index in [9.17, 15) is 9.59 Å². The summed E-state index contributed by atoms with van der Waals surface area (Å²) in [5.74, 6) is 0.242. The zero-order valence-corrected chi connectivity index (χ0v) is 13.2. The predicted molar refractivity (Wildman–Crippen MR) is 88.6 cm³/mol. The van der Waals surface area contributed by atoms with Crippen molar-refractivity contribution in [1.82, 2.24) is 29.8 Å². The molecule has 0 aliphatic carbocycles. The summed E-state index contributed by atoms with van der Waals surface area (Å²) in [4.78, 5) is 41.3. The molecule has 0 fully saturated rings. The maximum Gasteiger partial charge on any atom is 0.270 e. The van der Waals surface area contributed by atoms with E-state index < -0.39 is 0 Å². The molecule has 1 amide bonds. The molecule has 0 spiro atoms. The highest BCUT2D eigenvalue weighted by atomic mass is 16.2. The summed E-state index contributed by atoms with van der Waals surface area (Å²) in [5, 5.41) is 2.90. The Morgan fingerprint density at radius 1 is 1.16 bits per heavy atom. The van der Waals surface area contributed by atoms with Crippen molar-refractivity contribution in [2.45, 2.75) is 19.0 Å². The Morgan fingerprint density at radius 3 is 2.84 bits per heavy atom. The molecule has 25 heavy (non-hydrogen) atoms. The van der Waals surface area contributed by atoms with Crippen LogP contribution >= 0.6 is 0 Å². The van der Waals surface area contributed by atoms with Gasteiger partial charge in [0, 0.05) is 25.0 Å². The zero-order chi connectivity index (χ0) is 17.2. The fraction of sp³-hybridized carbons (Fsp3) is 0.176.